The number of quaternary nitrogens is 1. The van der Waals surface area contributed by atoms with Gasteiger partial charge < -0.3 is 26.2 Å². The van der Waals surface area contributed by atoms with Crippen molar-refractivity contribution in [3.05, 3.63) is 68.7 Å². The fraction of sp³-hybridized carbons (Fsp3) is 0.346. The molecule has 0 saturated carbocycles. The van der Waals surface area contributed by atoms with E-state index in [1.165, 1.54) is 23.1 Å². The van der Waals surface area contributed by atoms with E-state index in [1.807, 2.05) is 29.6 Å². The second kappa shape index (κ2) is 12.8. The van der Waals surface area contributed by atoms with Crippen molar-refractivity contribution in [2.24, 2.45) is 5.73 Å². The lowest BCUT2D eigenvalue weighted by Crippen LogP contribution is -2.52. The van der Waals surface area contributed by atoms with Gasteiger partial charge in [-0.1, -0.05) is 53.2 Å². The largest absolute Gasteiger partial charge is 0.633 e. The van der Waals surface area contributed by atoms with E-state index in [0.717, 1.165) is 21.2 Å². The number of nitrogens with two attached hydrogens (primary N) is 1. The fourth-order valence-electron chi connectivity index (χ4n) is 4.18. The van der Waals surface area contributed by atoms with Gasteiger partial charge in [-0.25, -0.2) is 4.98 Å². The Labute approximate surface area is 240 Å². The number of halogens is 2. The number of benzene rings is 2. The Morgan fingerprint density at radius 2 is 1.97 bits per heavy atom. The van der Waals surface area contributed by atoms with Crippen molar-refractivity contribution >= 4 is 63.8 Å². The molecule has 0 spiro atoms. The van der Waals surface area contributed by atoms with Crippen molar-refractivity contribution in [2.75, 3.05) is 24.2 Å². The number of nitrogens with one attached hydrogen (secondary N) is 2. The number of likely N-dealkylation sites (tertiary alicyclic amines) is 1. The van der Waals surface area contributed by atoms with Gasteiger partial charge in [0.15, 0.2) is 4.34 Å². The van der Waals surface area contributed by atoms with Crippen molar-refractivity contribution in [1.29, 1.82) is 0 Å². The molecule has 3 aromatic rings. The standard InChI is InChI=1S/C26H29Cl2N5O3S2/c1-16(29)25(35)31-20-4-2-3-18(12-20)23-14-37-26(32-23)38-15-24(34)30-19-7-9-33(36,10-8-19)13-17-5-6-21(27)22(28)11-17/h2-6,11-12,14,16,19H,7-10,13,15,29H2,1H3,(H,30,34)(H,31,35)/t16-,19?,33?/m1/s1. The van der Waals surface area contributed by atoms with Crippen molar-refractivity contribution in [1.82, 2.24) is 10.3 Å². The van der Waals surface area contributed by atoms with E-state index in [9.17, 15) is 14.8 Å². The van der Waals surface area contributed by atoms with Gasteiger partial charge in [0.2, 0.25) is 11.8 Å². The quantitative estimate of drug-likeness (QED) is 0.176. The van der Waals surface area contributed by atoms with Crippen LogP contribution in [0.1, 0.15) is 25.3 Å². The summed E-state index contributed by atoms with van der Waals surface area (Å²) < 4.78 is 0.442. The van der Waals surface area contributed by atoms with E-state index in [2.05, 4.69) is 15.6 Å². The maximum Gasteiger partial charge on any atom is 0.240 e. The number of piperidine rings is 1. The predicted octanol–water partition coefficient (Wildman–Crippen LogP) is 5.29. The van der Waals surface area contributed by atoms with Crippen LogP contribution in [0.4, 0.5) is 5.69 Å². The molecule has 2 aromatic carbocycles. The summed E-state index contributed by atoms with van der Waals surface area (Å²) >= 11 is 14.9. The number of carbonyl (C=O) groups excluding carboxylic acids is 2. The first-order valence-electron chi connectivity index (χ1n) is 12.2. The van der Waals surface area contributed by atoms with Crippen LogP contribution in [0, 0.1) is 5.21 Å². The Hall–Kier alpha value is -2.18. The highest BCUT2D eigenvalue weighted by Crippen LogP contribution is 2.30. The summed E-state index contributed by atoms with van der Waals surface area (Å²) in [6.07, 6.45) is 1.25. The highest BCUT2D eigenvalue weighted by molar-refractivity contribution is 8.01. The number of thiazole rings is 1. The first-order chi connectivity index (χ1) is 18.1. The smallest absolute Gasteiger partial charge is 0.240 e. The molecule has 12 heteroatoms. The zero-order chi connectivity index (χ0) is 27.3. The summed E-state index contributed by atoms with van der Waals surface area (Å²) in [6, 6.07) is 12.1. The molecular formula is C26H29Cl2N5O3S2. The molecule has 1 saturated heterocycles. The number of anilines is 1. The summed E-state index contributed by atoms with van der Waals surface area (Å²) in [6.45, 7) is 2.82. The molecule has 38 heavy (non-hydrogen) atoms. The first kappa shape index (κ1) is 28.8. The molecule has 0 aliphatic carbocycles. The summed E-state index contributed by atoms with van der Waals surface area (Å²) in [7, 11) is 0. The summed E-state index contributed by atoms with van der Waals surface area (Å²) in [5.74, 6) is -0.0889. The maximum atomic E-state index is 13.2. The van der Waals surface area contributed by atoms with Gasteiger partial charge >= 0.3 is 0 Å². The van der Waals surface area contributed by atoms with E-state index < -0.39 is 6.04 Å². The number of hydrogen-bond donors (Lipinski definition) is 3. The summed E-state index contributed by atoms with van der Waals surface area (Å²) in [5, 5.41) is 21.8. The fourth-order valence-corrected chi connectivity index (χ4v) is 6.14. The molecule has 0 radical (unpaired) electrons. The van der Waals surface area contributed by atoms with Crippen LogP contribution in [0.15, 0.2) is 52.2 Å². The predicted molar refractivity (Wildman–Crippen MR) is 155 cm³/mol. The molecule has 2 heterocycles. The molecule has 2 amide bonds. The third-order valence-corrected chi connectivity index (χ3v) is 9.00. The Bertz CT molecular complexity index is 1300. The Balaban J connectivity index is 1.23. The highest BCUT2D eigenvalue weighted by Gasteiger charge is 2.28. The van der Waals surface area contributed by atoms with Gasteiger partial charge in [0.25, 0.3) is 0 Å². The lowest BCUT2D eigenvalue weighted by Gasteiger charge is -2.47. The maximum absolute atomic E-state index is 13.2. The highest BCUT2D eigenvalue weighted by atomic mass is 35.5. The van der Waals surface area contributed by atoms with Crippen LogP contribution in [0.2, 0.25) is 10.0 Å². The van der Waals surface area contributed by atoms with Crippen LogP contribution in [0.5, 0.6) is 0 Å². The number of amides is 2. The van der Waals surface area contributed by atoms with Gasteiger partial charge in [0, 0.05) is 41.1 Å². The minimum absolute atomic E-state index is 0.0156. The number of rotatable bonds is 9. The Kier molecular flexibility index (Phi) is 9.69. The molecule has 1 atom stereocenters. The third-order valence-electron chi connectivity index (χ3n) is 6.24. The molecule has 1 aliphatic heterocycles. The zero-order valence-corrected chi connectivity index (χ0v) is 23.9. The second-order valence-electron chi connectivity index (χ2n) is 9.40. The molecule has 1 aliphatic rings. The molecule has 4 N–H and O–H groups in total. The second-order valence-corrected chi connectivity index (χ2v) is 12.3. The molecule has 1 fully saturated rings. The van der Waals surface area contributed by atoms with Crippen molar-refractivity contribution in [3.8, 4) is 11.3 Å². The monoisotopic (exact) mass is 593 g/mol. The van der Waals surface area contributed by atoms with E-state index >= 15 is 0 Å². The number of nitrogens with zero attached hydrogens (tertiary/aromatic N) is 2. The minimum Gasteiger partial charge on any atom is -0.633 e. The topological polar surface area (TPSA) is 120 Å². The van der Waals surface area contributed by atoms with Gasteiger partial charge in [-0.3, -0.25) is 9.59 Å². The number of carbonyl (C=O) groups is 2. The van der Waals surface area contributed by atoms with Crippen LogP contribution in [0.25, 0.3) is 11.3 Å². The molecule has 8 nitrogen and oxygen atoms in total. The SMILES string of the molecule is C[C@@H](N)C(=O)Nc1cccc(-c2csc(SCC(=O)NC3CC[N+]([O-])(Cc4ccc(Cl)c(Cl)c4)CC3)n2)c1. The van der Waals surface area contributed by atoms with Crippen LogP contribution < -0.4 is 16.4 Å². The van der Waals surface area contributed by atoms with Crippen LogP contribution in [0.3, 0.4) is 0 Å². The molecule has 0 unspecified atom stereocenters. The number of hydroxylamine groups is 3. The van der Waals surface area contributed by atoms with E-state index in [1.54, 1.807) is 25.1 Å². The van der Waals surface area contributed by atoms with Crippen LogP contribution >= 0.6 is 46.3 Å². The van der Waals surface area contributed by atoms with E-state index in [-0.39, 0.29) is 28.3 Å². The van der Waals surface area contributed by atoms with Gasteiger partial charge in [0.05, 0.1) is 40.6 Å². The molecule has 202 valence electrons. The molecule has 0 bridgehead atoms. The third kappa shape index (κ3) is 7.92. The van der Waals surface area contributed by atoms with Crippen LogP contribution in [-0.4, -0.2) is 52.4 Å². The van der Waals surface area contributed by atoms with E-state index in [0.29, 0.717) is 48.2 Å². The number of thioether (sulfide) groups is 1. The lowest BCUT2D eigenvalue weighted by molar-refractivity contribution is -0.898. The van der Waals surface area contributed by atoms with Crippen LogP contribution in [-0.2, 0) is 16.1 Å². The van der Waals surface area contributed by atoms with Gasteiger partial charge in [0.1, 0.15) is 6.54 Å². The average molecular weight is 595 g/mol. The summed E-state index contributed by atoms with van der Waals surface area (Å²) in [4.78, 5) is 29.1. The van der Waals surface area contributed by atoms with Gasteiger partial charge in [-0.15, -0.1) is 11.3 Å². The van der Waals surface area contributed by atoms with Crippen molar-refractivity contribution < 1.29 is 14.2 Å². The molecule has 1 aromatic heterocycles. The van der Waals surface area contributed by atoms with Crippen molar-refractivity contribution in [3.63, 3.8) is 0 Å². The summed E-state index contributed by atoms with van der Waals surface area (Å²) in [5.41, 5.74) is 8.77. The van der Waals surface area contributed by atoms with Crippen molar-refractivity contribution in [2.45, 2.75) is 42.7 Å². The normalized spacial score (nSPS) is 20.1. The number of aromatic nitrogens is 1. The molecular weight excluding hydrogens is 565 g/mol. The Morgan fingerprint density at radius 1 is 1.21 bits per heavy atom. The zero-order valence-electron chi connectivity index (χ0n) is 20.8. The van der Waals surface area contributed by atoms with Gasteiger partial charge in [-0.05, 0) is 31.2 Å². The lowest BCUT2D eigenvalue weighted by atomic mass is 10.0. The molecule has 4 rings (SSSR count). The Morgan fingerprint density at radius 3 is 2.68 bits per heavy atom. The minimum atomic E-state index is -0.600. The van der Waals surface area contributed by atoms with Gasteiger partial charge in [-0.2, -0.15) is 0 Å². The number of hydrogen-bond acceptors (Lipinski definition) is 7. The average Bonchev–Trinajstić information content (AvgIpc) is 3.36. The van der Waals surface area contributed by atoms with E-state index in [4.69, 9.17) is 28.9 Å². The first-order valence-corrected chi connectivity index (χ1v) is 14.8.